The number of hydrogen-bond acceptors (Lipinski definition) is 9. The molecule has 0 radical (unpaired) electrons. The summed E-state index contributed by atoms with van der Waals surface area (Å²) in [5.41, 5.74) is 17.3. The first-order chi connectivity index (χ1) is 20.2. The predicted molar refractivity (Wildman–Crippen MR) is 150 cm³/mol. The molecule has 0 aliphatic rings. The maximum absolute atomic E-state index is 13.3. The molecule has 234 valence electrons. The molecule has 13 N–H and O–H groups in total. The van der Waals surface area contributed by atoms with Crippen LogP contribution in [-0.2, 0) is 40.0 Å². The third-order valence-corrected chi connectivity index (χ3v) is 6.35. The van der Waals surface area contributed by atoms with Gasteiger partial charge in [0.05, 0.1) is 19.1 Å². The molecule has 0 aliphatic carbocycles. The van der Waals surface area contributed by atoms with E-state index < -0.39 is 84.6 Å². The van der Waals surface area contributed by atoms with Gasteiger partial charge in [-0.1, -0.05) is 18.2 Å². The number of carbonyl (C=O) groups is 7. The van der Waals surface area contributed by atoms with Gasteiger partial charge in [-0.2, -0.15) is 0 Å². The summed E-state index contributed by atoms with van der Waals surface area (Å²) in [4.78, 5) is 87.8. The molecule has 1 aromatic carbocycles. The van der Waals surface area contributed by atoms with Gasteiger partial charge >= 0.3 is 5.97 Å². The summed E-state index contributed by atoms with van der Waals surface area (Å²) in [7, 11) is 0. The largest absolute Gasteiger partial charge is 0.480 e. The Morgan fingerprint density at radius 3 is 2.05 bits per heavy atom. The fraction of sp³-hybridized carbons (Fsp3) is 0.423. The number of nitrogens with two attached hydrogens (primary N) is 3. The quantitative estimate of drug-likeness (QED) is 0.0840. The van der Waals surface area contributed by atoms with E-state index in [1.54, 1.807) is 24.4 Å². The molecule has 2 aromatic rings. The number of primary amides is 2. The second kappa shape index (κ2) is 15.8. The topological polar surface area (TPSA) is 302 Å². The minimum Gasteiger partial charge on any atom is -0.480 e. The first-order valence-electron chi connectivity index (χ1n) is 13.2. The molecule has 0 spiro atoms. The Morgan fingerprint density at radius 2 is 1.44 bits per heavy atom. The maximum Gasteiger partial charge on any atom is 0.326 e. The minimum absolute atomic E-state index is 0.0389. The van der Waals surface area contributed by atoms with Gasteiger partial charge in [-0.25, -0.2) is 4.79 Å². The zero-order valence-electron chi connectivity index (χ0n) is 23.3. The highest BCUT2D eigenvalue weighted by molar-refractivity contribution is 5.96. The maximum atomic E-state index is 13.3. The van der Waals surface area contributed by atoms with Crippen LogP contribution in [0.2, 0.25) is 0 Å². The number of para-hydroxylation sites is 1. The molecule has 6 amide bonds. The third-order valence-electron chi connectivity index (χ3n) is 6.35. The second-order valence-corrected chi connectivity index (χ2v) is 9.78. The number of carboxylic acid groups (broad SMARTS) is 1. The predicted octanol–water partition coefficient (Wildman–Crippen LogP) is -3.79. The summed E-state index contributed by atoms with van der Waals surface area (Å²) < 4.78 is 0. The summed E-state index contributed by atoms with van der Waals surface area (Å²) in [6.45, 7) is 0.354. The van der Waals surface area contributed by atoms with Crippen molar-refractivity contribution in [2.75, 3.05) is 6.61 Å². The van der Waals surface area contributed by atoms with Gasteiger partial charge in [-0.3, -0.25) is 28.8 Å². The van der Waals surface area contributed by atoms with Crippen LogP contribution in [0, 0.1) is 0 Å². The van der Waals surface area contributed by atoms with Gasteiger partial charge in [0.1, 0.15) is 24.2 Å². The number of nitrogens with one attached hydrogen (secondary N) is 5. The van der Waals surface area contributed by atoms with Crippen molar-refractivity contribution in [3.63, 3.8) is 0 Å². The smallest absolute Gasteiger partial charge is 0.326 e. The lowest BCUT2D eigenvalue weighted by Crippen LogP contribution is -2.59. The zero-order chi connectivity index (χ0) is 32.3. The number of fused-ring (bicyclic) bond motifs is 1. The Morgan fingerprint density at radius 1 is 0.837 bits per heavy atom. The van der Waals surface area contributed by atoms with Crippen molar-refractivity contribution in [2.24, 2.45) is 17.2 Å². The minimum atomic E-state index is -1.60. The van der Waals surface area contributed by atoms with E-state index in [0.717, 1.165) is 10.9 Å². The highest BCUT2D eigenvalue weighted by atomic mass is 16.4. The molecule has 0 fully saturated rings. The summed E-state index contributed by atoms with van der Waals surface area (Å²) in [5.74, 6) is -6.70. The van der Waals surface area contributed by atoms with Crippen LogP contribution in [0.5, 0.6) is 0 Å². The number of amides is 6. The zero-order valence-corrected chi connectivity index (χ0v) is 23.3. The number of aromatic nitrogens is 1. The van der Waals surface area contributed by atoms with Crippen LogP contribution >= 0.6 is 0 Å². The number of aliphatic hydroxyl groups excluding tert-OH is 1. The summed E-state index contributed by atoms with van der Waals surface area (Å²) in [6, 6.07) is 0.182. The first kappa shape index (κ1) is 34.2. The SMILES string of the molecule is C[C@H](NC(=O)[C@H](Cc1c[nH]c2ccccc12)NC(=O)[C@@H](N)CC(N)=O)C(=O)N[C@@H](CO)C(=O)N[C@@H](CCC(N)=O)C(=O)O. The summed E-state index contributed by atoms with van der Waals surface area (Å²) >= 11 is 0. The highest BCUT2D eigenvalue weighted by Gasteiger charge is 2.30. The molecule has 0 saturated carbocycles. The van der Waals surface area contributed by atoms with Crippen molar-refractivity contribution in [3.05, 3.63) is 36.0 Å². The Balaban J connectivity index is 2.13. The van der Waals surface area contributed by atoms with Gasteiger partial charge in [0.15, 0.2) is 0 Å². The van der Waals surface area contributed by atoms with Crippen LogP contribution in [0.1, 0.15) is 31.7 Å². The van der Waals surface area contributed by atoms with Gasteiger partial charge in [0.25, 0.3) is 0 Å². The van der Waals surface area contributed by atoms with Crippen molar-refractivity contribution in [2.45, 2.75) is 62.8 Å². The lowest BCUT2D eigenvalue weighted by atomic mass is 10.0. The molecule has 1 heterocycles. The molecular formula is C26H36N8O9. The van der Waals surface area contributed by atoms with E-state index in [1.807, 2.05) is 6.07 Å². The molecule has 43 heavy (non-hydrogen) atoms. The first-order valence-corrected chi connectivity index (χ1v) is 13.2. The van der Waals surface area contributed by atoms with Crippen LogP contribution in [0.15, 0.2) is 30.5 Å². The van der Waals surface area contributed by atoms with E-state index in [-0.39, 0.29) is 19.3 Å². The molecule has 5 atom stereocenters. The Kier molecular flexibility index (Phi) is 12.6. The normalized spacial score (nSPS) is 14.4. The van der Waals surface area contributed by atoms with Crippen molar-refractivity contribution in [1.29, 1.82) is 0 Å². The molecule has 17 heteroatoms. The van der Waals surface area contributed by atoms with Crippen molar-refractivity contribution < 1.29 is 43.8 Å². The van der Waals surface area contributed by atoms with Crippen LogP contribution in [0.4, 0.5) is 0 Å². The standard InChI is InChI=1S/C26H36N8O9/c1-12(22(38)34-19(11-35)25(41)32-17(26(42)43)6-7-20(28)36)31-24(40)18(33-23(39)15(27)9-21(29)37)8-13-10-30-16-5-3-2-4-14(13)16/h2-5,10,12,15,17-19,30,35H,6-9,11,27H2,1H3,(H2,28,36)(H2,29,37)(H,31,40)(H,32,41)(H,33,39)(H,34,38)(H,42,43)/t12-,15-,17-,18-,19-/m0/s1. The average Bonchev–Trinajstić information content (AvgIpc) is 3.35. The van der Waals surface area contributed by atoms with Gasteiger partial charge in [-0.15, -0.1) is 0 Å². The number of rotatable bonds is 17. The third kappa shape index (κ3) is 10.4. The van der Waals surface area contributed by atoms with Crippen LogP contribution in [-0.4, -0.2) is 93.4 Å². The van der Waals surface area contributed by atoms with E-state index in [1.165, 1.54) is 6.92 Å². The average molecular weight is 605 g/mol. The molecule has 17 nitrogen and oxygen atoms in total. The Bertz CT molecular complexity index is 1360. The summed E-state index contributed by atoms with van der Waals surface area (Å²) in [5, 5.41) is 28.9. The number of carbonyl (C=O) groups excluding carboxylic acids is 6. The number of aliphatic carboxylic acids is 1. The highest BCUT2D eigenvalue weighted by Crippen LogP contribution is 2.19. The fourth-order valence-electron chi connectivity index (χ4n) is 4.00. The van der Waals surface area contributed by atoms with E-state index in [2.05, 4.69) is 26.3 Å². The Labute approximate surface area is 245 Å². The molecule has 0 bridgehead atoms. The fourth-order valence-corrected chi connectivity index (χ4v) is 4.00. The molecule has 1 aromatic heterocycles. The lowest BCUT2D eigenvalue weighted by molar-refractivity contribution is -0.143. The monoisotopic (exact) mass is 604 g/mol. The number of aromatic amines is 1. The molecule has 0 aliphatic heterocycles. The molecule has 2 rings (SSSR count). The molecular weight excluding hydrogens is 568 g/mol. The van der Waals surface area contributed by atoms with E-state index in [9.17, 15) is 43.8 Å². The summed E-state index contributed by atoms with van der Waals surface area (Å²) in [6.07, 6.45) is 0.487. The number of hydrogen-bond donors (Lipinski definition) is 10. The van der Waals surface area contributed by atoms with Crippen LogP contribution < -0.4 is 38.5 Å². The van der Waals surface area contributed by atoms with Crippen molar-refractivity contribution >= 4 is 52.3 Å². The Hall–Kier alpha value is -5.03. The van der Waals surface area contributed by atoms with Crippen LogP contribution in [0.3, 0.4) is 0 Å². The van der Waals surface area contributed by atoms with E-state index in [4.69, 9.17) is 17.2 Å². The van der Waals surface area contributed by atoms with Gasteiger partial charge < -0.3 is 53.7 Å². The lowest BCUT2D eigenvalue weighted by Gasteiger charge is -2.24. The van der Waals surface area contributed by atoms with E-state index in [0.29, 0.717) is 5.56 Å². The van der Waals surface area contributed by atoms with Gasteiger partial charge in [0.2, 0.25) is 35.4 Å². The van der Waals surface area contributed by atoms with Crippen molar-refractivity contribution in [3.8, 4) is 0 Å². The van der Waals surface area contributed by atoms with E-state index >= 15 is 0 Å². The number of aliphatic hydroxyl groups is 1. The molecule has 0 unspecified atom stereocenters. The number of benzene rings is 1. The molecule has 0 saturated heterocycles. The number of carboxylic acids is 1. The van der Waals surface area contributed by atoms with Gasteiger partial charge in [0, 0.05) is 29.9 Å². The van der Waals surface area contributed by atoms with Crippen molar-refractivity contribution in [1.82, 2.24) is 26.3 Å². The van der Waals surface area contributed by atoms with Gasteiger partial charge in [-0.05, 0) is 25.0 Å². The van der Waals surface area contributed by atoms with Crippen LogP contribution in [0.25, 0.3) is 10.9 Å². The second-order valence-electron chi connectivity index (χ2n) is 9.78. The number of H-pyrrole nitrogens is 1.